The van der Waals surface area contributed by atoms with E-state index in [2.05, 4.69) is 18.1 Å². The zero-order valence-corrected chi connectivity index (χ0v) is 18.9. The number of hydrogen-bond donors (Lipinski definition) is 1. The van der Waals surface area contributed by atoms with Crippen molar-refractivity contribution >= 4 is 12.1 Å². The second-order valence-corrected chi connectivity index (χ2v) is 8.15. The van der Waals surface area contributed by atoms with Crippen molar-refractivity contribution < 1.29 is 19.4 Å². The molecule has 2 heterocycles. The fourth-order valence-electron chi connectivity index (χ4n) is 3.92. The summed E-state index contributed by atoms with van der Waals surface area (Å²) in [7, 11) is 0. The Bertz CT molecular complexity index is 840. The Kier molecular flexibility index (Phi) is 8.63. The Morgan fingerprint density at radius 3 is 2.48 bits per heavy atom. The zero-order valence-electron chi connectivity index (χ0n) is 18.9. The van der Waals surface area contributed by atoms with E-state index in [9.17, 15) is 9.59 Å². The molecule has 2 fully saturated rings. The molecule has 2 rings (SSSR count). The summed E-state index contributed by atoms with van der Waals surface area (Å²) in [6.07, 6.45) is 12.0. The van der Waals surface area contributed by atoms with Gasteiger partial charge in [0.05, 0.1) is 12.1 Å². The molecule has 168 valence electrons. The van der Waals surface area contributed by atoms with Crippen molar-refractivity contribution in [3.63, 3.8) is 0 Å². The molecule has 2 aliphatic heterocycles. The monoisotopic (exact) mass is 426 g/mol. The highest BCUT2D eigenvalue weighted by Gasteiger charge is 2.46. The van der Waals surface area contributed by atoms with Crippen LogP contribution in [0.25, 0.3) is 0 Å². The van der Waals surface area contributed by atoms with E-state index >= 15 is 0 Å². The number of hydrogen-bond acceptors (Lipinski definition) is 4. The van der Waals surface area contributed by atoms with Gasteiger partial charge in [0.1, 0.15) is 5.60 Å². The standard InChI is InChI=1S/C25H34N2O4/c1-6-8-11-22(19(3)4)20(5)17-26-15-12-25(13-16-26)18-27(24(30)31-25)14-9-10-21(7-2)23(28)29/h6-11H,3,5,12-18H2,1-2,4H3,(H,28,29)/b8-6-,10-9-,21-7+,22-11-. The molecule has 0 aliphatic carbocycles. The number of carbonyl (C=O) groups is 2. The Morgan fingerprint density at radius 2 is 1.94 bits per heavy atom. The molecule has 1 amide bonds. The highest BCUT2D eigenvalue weighted by Crippen LogP contribution is 2.33. The SMILES string of the molecule is C=C(C)/C(=C/C=C\C)C(=C)CN1CCC2(CC1)CN(C/C=C\C(=C/C)C(=O)O)C(=O)O2. The fraction of sp³-hybridized carbons (Fsp3) is 0.440. The summed E-state index contributed by atoms with van der Waals surface area (Å²) in [4.78, 5) is 27.4. The highest BCUT2D eigenvalue weighted by molar-refractivity contribution is 5.89. The molecule has 2 saturated heterocycles. The van der Waals surface area contributed by atoms with Crippen molar-refractivity contribution in [3.8, 4) is 0 Å². The van der Waals surface area contributed by atoms with Gasteiger partial charge in [-0.1, -0.05) is 55.2 Å². The highest BCUT2D eigenvalue weighted by atomic mass is 16.6. The van der Waals surface area contributed by atoms with Crippen LogP contribution < -0.4 is 0 Å². The number of allylic oxidation sites excluding steroid dienone is 5. The Morgan fingerprint density at radius 1 is 1.26 bits per heavy atom. The van der Waals surface area contributed by atoms with Gasteiger partial charge in [-0.15, -0.1) is 0 Å². The number of carboxylic acids is 1. The maximum absolute atomic E-state index is 12.3. The van der Waals surface area contributed by atoms with Crippen LogP contribution in [0, 0.1) is 0 Å². The van der Waals surface area contributed by atoms with E-state index in [-0.39, 0.29) is 11.7 Å². The maximum Gasteiger partial charge on any atom is 0.410 e. The molecule has 0 saturated carbocycles. The first-order chi connectivity index (χ1) is 14.7. The summed E-state index contributed by atoms with van der Waals surface area (Å²) < 4.78 is 5.76. The van der Waals surface area contributed by atoms with Crippen LogP contribution in [0.3, 0.4) is 0 Å². The topological polar surface area (TPSA) is 70.1 Å². The zero-order chi connectivity index (χ0) is 23.0. The van der Waals surface area contributed by atoms with Crippen molar-refractivity contribution in [3.05, 3.63) is 71.9 Å². The van der Waals surface area contributed by atoms with E-state index in [4.69, 9.17) is 9.84 Å². The minimum atomic E-state index is -0.983. The van der Waals surface area contributed by atoms with Gasteiger partial charge in [0.15, 0.2) is 0 Å². The van der Waals surface area contributed by atoms with E-state index in [1.54, 1.807) is 17.9 Å². The minimum absolute atomic E-state index is 0.202. The van der Waals surface area contributed by atoms with Crippen LogP contribution in [0.5, 0.6) is 0 Å². The summed E-state index contributed by atoms with van der Waals surface area (Å²) >= 11 is 0. The van der Waals surface area contributed by atoms with E-state index in [1.165, 1.54) is 12.2 Å². The molecule has 0 unspecified atom stereocenters. The largest absolute Gasteiger partial charge is 0.478 e. The molecule has 0 aromatic carbocycles. The molecule has 6 nitrogen and oxygen atoms in total. The molecule has 0 bridgehead atoms. The molecule has 0 atom stereocenters. The minimum Gasteiger partial charge on any atom is -0.478 e. The molecule has 2 aliphatic rings. The Hall–Kier alpha value is -2.86. The second-order valence-electron chi connectivity index (χ2n) is 8.15. The van der Waals surface area contributed by atoms with Gasteiger partial charge in [-0.05, 0) is 31.9 Å². The lowest BCUT2D eigenvalue weighted by Crippen LogP contribution is -2.47. The van der Waals surface area contributed by atoms with Crippen molar-refractivity contribution in [2.75, 3.05) is 32.7 Å². The van der Waals surface area contributed by atoms with Crippen LogP contribution in [-0.2, 0) is 9.53 Å². The van der Waals surface area contributed by atoms with Gasteiger partial charge in [-0.3, -0.25) is 4.90 Å². The Labute approximate surface area is 185 Å². The third-order valence-electron chi connectivity index (χ3n) is 5.70. The van der Waals surface area contributed by atoms with Gasteiger partial charge in [0.2, 0.25) is 0 Å². The molecule has 0 aromatic heterocycles. The molecule has 1 N–H and O–H groups in total. The predicted molar refractivity (Wildman–Crippen MR) is 124 cm³/mol. The molecule has 6 heteroatoms. The molecular formula is C25H34N2O4. The van der Waals surface area contributed by atoms with Gasteiger partial charge in [0.25, 0.3) is 0 Å². The van der Waals surface area contributed by atoms with Gasteiger partial charge in [-0.25, -0.2) is 9.59 Å². The average molecular weight is 427 g/mol. The lowest BCUT2D eigenvalue weighted by atomic mass is 9.90. The normalized spacial score (nSPS) is 20.1. The number of amides is 1. The lowest BCUT2D eigenvalue weighted by Gasteiger charge is -2.37. The van der Waals surface area contributed by atoms with Crippen LogP contribution in [-0.4, -0.2) is 65.3 Å². The summed E-state index contributed by atoms with van der Waals surface area (Å²) in [5.74, 6) is -0.983. The summed E-state index contributed by atoms with van der Waals surface area (Å²) in [5.41, 5.74) is 2.85. The third-order valence-corrected chi connectivity index (χ3v) is 5.70. The first-order valence-corrected chi connectivity index (χ1v) is 10.6. The van der Waals surface area contributed by atoms with E-state index in [1.807, 2.05) is 32.1 Å². The molecular weight excluding hydrogens is 392 g/mol. The average Bonchev–Trinajstić information content (AvgIpc) is 3.02. The smallest absolute Gasteiger partial charge is 0.410 e. The number of rotatable bonds is 9. The maximum atomic E-state index is 12.3. The van der Waals surface area contributed by atoms with E-state index in [0.29, 0.717) is 13.1 Å². The molecule has 1 spiro atoms. The molecule has 31 heavy (non-hydrogen) atoms. The lowest BCUT2D eigenvalue weighted by molar-refractivity contribution is -0.132. The van der Waals surface area contributed by atoms with Crippen LogP contribution in [0.1, 0.15) is 33.6 Å². The van der Waals surface area contributed by atoms with Gasteiger partial charge in [-0.2, -0.15) is 0 Å². The second kappa shape index (κ2) is 11.0. The Balaban J connectivity index is 1.91. The van der Waals surface area contributed by atoms with Gasteiger partial charge >= 0.3 is 12.1 Å². The van der Waals surface area contributed by atoms with Crippen molar-refractivity contribution in [2.24, 2.45) is 0 Å². The number of piperidine rings is 1. The number of carbonyl (C=O) groups excluding carboxylic acids is 1. The molecule has 0 aromatic rings. The van der Waals surface area contributed by atoms with Crippen LogP contribution >= 0.6 is 0 Å². The third kappa shape index (κ3) is 6.56. The quantitative estimate of drug-likeness (QED) is 0.434. The summed E-state index contributed by atoms with van der Waals surface area (Å²) in [6, 6.07) is 0. The predicted octanol–water partition coefficient (Wildman–Crippen LogP) is 4.50. The number of ether oxygens (including phenoxy) is 1. The van der Waals surface area contributed by atoms with Crippen LogP contribution in [0.4, 0.5) is 4.79 Å². The number of nitrogens with zero attached hydrogens (tertiary/aromatic N) is 2. The van der Waals surface area contributed by atoms with Crippen LogP contribution in [0.15, 0.2) is 71.9 Å². The van der Waals surface area contributed by atoms with Gasteiger partial charge < -0.3 is 14.7 Å². The fourth-order valence-corrected chi connectivity index (χ4v) is 3.92. The van der Waals surface area contributed by atoms with Gasteiger partial charge in [0, 0.05) is 39.0 Å². The van der Waals surface area contributed by atoms with E-state index in [0.717, 1.165) is 49.2 Å². The number of likely N-dealkylation sites (tertiary alicyclic amines) is 1. The van der Waals surface area contributed by atoms with E-state index < -0.39 is 11.6 Å². The number of carboxylic acid groups (broad SMARTS) is 1. The molecule has 0 radical (unpaired) electrons. The van der Waals surface area contributed by atoms with Crippen molar-refractivity contribution in [1.29, 1.82) is 0 Å². The first-order valence-electron chi connectivity index (χ1n) is 10.6. The van der Waals surface area contributed by atoms with Crippen LogP contribution in [0.2, 0.25) is 0 Å². The van der Waals surface area contributed by atoms with Crippen molar-refractivity contribution in [2.45, 2.75) is 39.2 Å². The first kappa shape index (κ1) is 24.4. The van der Waals surface area contributed by atoms with Crippen molar-refractivity contribution in [1.82, 2.24) is 9.80 Å². The number of aliphatic carboxylic acids is 1. The summed E-state index contributed by atoms with van der Waals surface area (Å²) in [6.45, 7) is 17.2. The summed E-state index contributed by atoms with van der Waals surface area (Å²) in [5, 5.41) is 9.06.